The van der Waals surface area contributed by atoms with Crippen molar-refractivity contribution < 1.29 is 31.4 Å². The minimum Gasteiger partial charge on any atom is -0.491 e. The molecule has 2 aromatic rings. The normalized spacial score (nSPS) is 21.4. The summed E-state index contributed by atoms with van der Waals surface area (Å²) in [5.41, 5.74) is -0.376. The van der Waals surface area contributed by atoms with Crippen LogP contribution in [-0.4, -0.2) is 88.9 Å². The second kappa shape index (κ2) is 11.1. The lowest BCUT2D eigenvalue weighted by Gasteiger charge is -2.38. The molecule has 4 rings (SSSR count). The Morgan fingerprint density at radius 3 is 2.64 bits per heavy atom. The van der Waals surface area contributed by atoms with Crippen LogP contribution in [0.15, 0.2) is 58.6 Å². The van der Waals surface area contributed by atoms with Crippen LogP contribution < -0.4 is 14.8 Å². The van der Waals surface area contributed by atoms with Gasteiger partial charge in [0, 0.05) is 44.1 Å². The number of aliphatic hydroxyl groups is 1. The van der Waals surface area contributed by atoms with Crippen LogP contribution in [0.4, 0.5) is 0 Å². The predicted octanol–water partition coefficient (Wildman–Crippen LogP) is 0.331. The largest absolute Gasteiger partial charge is 0.491 e. The Morgan fingerprint density at radius 1 is 1.19 bits per heavy atom. The van der Waals surface area contributed by atoms with E-state index in [9.17, 15) is 21.9 Å². The van der Waals surface area contributed by atoms with Crippen LogP contribution in [0.5, 0.6) is 5.75 Å². The molecular weight excluding hydrogens is 508 g/mol. The van der Waals surface area contributed by atoms with E-state index >= 15 is 0 Å². The molecule has 2 aliphatic heterocycles. The number of piperidine rings is 1. The lowest BCUT2D eigenvalue weighted by molar-refractivity contribution is -0.0312. The van der Waals surface area contributed by atoms with Crippen molar-refractivity contribution in [1.29, 1.82) is 0 Å². The molecule has 2 aliphatic rings. The molecule has 2 saturated heterocycles. The molecule has 1 unspecified atom stereocenters. The maximum atomic E-state index is 12.8. The summed E-state index contributed by atoms with van der Waals surface area (Å²) < 4.78 is 65.0. The van der Waals surface area contributed by atoms with Crippen molar-refractivity contribution in [3.63, 3.8) is 0 Å². The number of sulfonamides is 2. The molecule has 13 heteroatoms. The molecule has 36 heavy (non-hydrogen) atoms. The molecule has 198 valence electrons. The van der Waals surface area contributed by atoms with Gasteiger partial charge in [-0.25, -0.2) is 21.6 Å². The number of nitrogens with one attached hydrogen (secondary N) is 2. The third-order valence-electron chi connectivity index (χ3n) is 6.58. The van der Waals surface area contributed by atoms with Crippen molar-refractivity contribution in [3.05, 3.63) is 48.8 Å². The van der Waals surface area contributed by atoms with Crippen LogP contribution in [-0.2, 0) is 24.8 Å². The predicted molar refractivity (Wildman–Crippen MR) is 132 cm³/mol. The van der Waals surface area contributed by atoms with Crippen molar-refractivity contribution in [1.82, 2.24) is 19.3 Å². The number of nitrogens with zero attached hydrogens (tertiary/aromatic N) is 2. The van der Waals surface area contributed by atoms with Gasteiger partial charge in [-0.15, -0.1) is 0 Å². The summed E-state index contributed by atoms with van der Waals surface area (Å²) in [6.45, 7) is 1.51. The minimum absolute atomic E-state index is 0.00403. The van der Waals surface area contributed by atoms with Gasteiger partial charge in [-0.3, -0.25) is 4.98 Å². The van der Waals surface area contributed by atoms with Crippen molar-refractivity contribution >= 4 is 20.0 Å². The van der Waals surface area contributed by atoms with Gasteiger partial charge in [-0.2, -0.15) is 4.31 Å². The molecule has 2 fully saturated rings. The van der Waals surface area contributed by atoms with Crippen LogP contribution in [0.2, 0.25) is 0 Å². The van der Waals surface area contributed by atoms with Crippen molar-refractivity contribution in [2.45, 2.75) is 46.8 Å². The monoisotopic (exact) mass is 540 g/mol. The van der Waals surface area contributed by atoms with E-state index in [0.29, 0.717) is 38.3 Å². The summed E-state index contributed by atoms with van der Waals surface area (Å²) >= 11 is 0. The fraction of sp³-hybridized carbons (Fsp3) is 0.522. The third-order valence-corrected chi connectivity index (χ3v) is 9.88. The molecule has 3 heterocycles. The van der Waals surface area contributed by atoms with E-state index in [0.717, 1.165) is 6.42 Å². The molecule has 1 aromatic carbocycles. The van der Waals surface area contributed by atoms with E-state index in [4.69, 9.17) is 9.47 Å². The average Bonchev–Trinajstić information content (AvgIpc) is 3.29. The molecule has 1 spiro atoms. The van der Waals surface area contributed by atoms with Gasteiger partial charge in [0.05, 0.1) is 17.1 Å². The van der Waals surface area contributed by atoms with Gasteiger partial charge in [-0.05, 0) is 50.6 Å². The van der Waals surface area contributed by atoms with Crippen molar-refractivity contribution in [2.24, 2.45) is 0 Å². The fourth-order valence-electron chi connectivity index (χ4n) is 4.51. The highest BCUT2D eigenvalue weighted by molar-refractivity contribution is 7.89. The first-order valence-electron chi connectivity index (χ1n) is 11.8. The number of aromatic nitrogens is 1. The minimum atomic E-state index is -3.58. The SMILES string of the molecule is CNS(=O)(=O)c1cccc(OC[C@@H](O)CNC2COC3(CCN(S(=O)(=O)c4cccnc4)CC3)C2)c1. The topological polar surface area (TPSA) is 147 Å². The van der Waals surface area contributed by atoms with E-state index in [-0.39, 0.29) is 34.6 Å². The Morgan fingerprint density at radius 2 is 1.94 bits per heavy atom. The Kier molecular flexibility index (Phi) is 8.29. The number of aliphatic hydroxyl groups excluding tert-OH is 1. The summed E-state index contributed by atoms with van der Waals surface area (Å²) in [6.07, 6.45) is 4.03. The highest BCUT2D eigenvalue weighted by Crippen LogP contribution is 2.37. The molecule has 2 atom stereocenters. The maximum absolute atomic E-state index is 12.8. The molecule has 1 aromatic heterocycles. The average molecular weight is 541 g/mol. The first-order chi connectivity index (χ1) is 17.1. The van der Waals surface area contributed by atoms with Gasteiger partial charge in [0.1, 0.15) is 23.4 Å². The quantitative estimate of drug-likeness (QED) is 0.388. The smallest absolute Gasteiger partial charge is 0.244 e. The third kappa shape index (κ3) is 6.22. The summed E-state index contributed by atoms with van der Waals surface area (Å²) in [4.78, 5) is 4.19. The summed E-state index contributed by atoms with van der Waals surface area (Å²) in [6, 6.07) is 9.27. The number of hydrogen-bond acceptors (Lipinski definition) is 9. The van der Waals surface area contributed by atoms with Crippen LogP contribution >= 0.6 is 0 Å². The van der Waals surface area contributed by atoms with E-state index in [2.05, 4.69) is 15.0 Å². The maximum Gasteiger partial charge on any atom is 0.244 e. The molecule has 0 aliphatic carbocycles. The number of rotatable bonds is 10. The van der Waals surface area contributed by atoms with Gasteiger partial charge in [0.2, 0.25) is 20.0 Å². The van der Waals surface area contributed by atoms with E-state index < -0.39 is 26.2 Å². The van der Waals surface area contributed by atoms with E-state index in [1.54, 1.807) is 30.5 Å². The second-order valence-electron chi connectivity index (χ2n) is 9.04. The highest BCUT2D eigenvalue weighted by atomic mass is 32.2. The summed E-state index contributed by atoms with van der Waals surface area (Å²) in [7, 11) is -5.81. The first-order valence-corrected chi connectivity index (χ1v) is 14.7. The molecule has 0 bridgehead atoms. The Balaban J connectivity index is 1.22. The van der Waals surface area contributed by atoms with Gasteiger partial charge >= 0.3 is 0 Å². The molecular formula is C23H32N4O7S2. The Hall–Kier alpha value is -2.13. The highest BCUT2D eigenvalue weighted by Gasteiger charge is 2.44. The van der Waals surface area contributed by atoms with Gasteiger partial charge in [0.15, 0.2) is 0 Å². The van der Waals surface area contributed by atoms with Gasteiger partial charge in [-0.1, -0.05) is 6.07 Å². The molecule has 0 radical (unpaired) electrons. The number of ether oxygens (including phenoxy) is 2. The molecule has 3 N–H and O–H groups in total. The zero-order chi connectivity index (χ0) is 25.8. The van der Waals surface area contributed by atoms with E-state index in [1.165, 1.54) is 29.7 Å². The van der Waals surface area contributed by atoms with Gasteiger partial charge in [0.25, 0.3) is 0 Å². The lowest BCUT2D eigenvalue weighted by Crippen LogP contribution is -2.47. The molecule has 0 amide bonds. The lowest BCUT2D eigenvalue weighted by atomic mass is 9.88. The fourth-order valence-corrected chi connectivity index (χ4v) is 6.68. The number of pyridine rings is 1. The summed E-state index contributed by atoms with van der Waals surface area (Å²) in [5, 5.41) is 13.6. The molecule has 11 nitrogen and oxygen atoms in total. The zero-order valence-electron chi connectivity index (χ0n) is 20.0. The van der Waals surface area contributed by atoms with Crippen LogP contribution in [0.1, 0.15) is 19.3 Å². The second-order valence-corrected chi connectivity index (χ2v) is 12.9. The van der Waals surface area contributed by atoms with Crippen LogP contribution in [0, 0.1) is 0 Å². The standard InChI is InChI=1S/C23H32N4O7S2/c1-24-35(29,30)21-5-2-4-20(12-21)33-17-19(28)14-26-18-13-23(34-16-18)7-10-27(11-8-23)36(31,32)22-6-3-9-25-15-22/h2-6,9,12,15,18-19,24,26,28H,7-8,10-11,13-14,16-17H2,1H3/t18?,19-/m0/s1. The Bertz CT molecular complexity index is 1230. The zero-order valence-corrected chi connectivity index (χ0v) is 21.7. The Labute approximate surface area is 211 Å². The summed E-state index contributed by atoms with van der Waals surface area (Å²) in [5.74, 6) is 0.349. The first kappa shape index (κ1) is 26.9. The van der Waals surface area contributed by atoms with E-state index in [1.807, 2.05) is 0 Å². The number of hydrogen-bond donors (Lipinski definition) is 3. The van der Waals surface area contributed by atoms with Crippen LogP contribution in [0.3, 0.4) is 0 Å². The van der Waals surface area contributed by atoms with Crippen molar-refractivity contribution in [2.75, 3.05) is 39.9 Å². The number of benzene rings is 1. The molecule has 0 saturated carbocycles. The van der Waals surface area contributed by atoms with Gasteiger partial charge < -0.3 is 19.9 Å². The van der Waals surface area contributed by atoms with Crippen molar-refractivity contribution in [3.8, 4) is 5.75 Å². The van der Waals surface area contributed by atoms with Crippen LogP contribution in [0.25, 0.3) is 0 Å².